The highest BCUT2D eigenvalue weighted by molar-refractivity contribution is 7.91. The Bertz CT molecular complexity index is 486. The zero-order chi connectivity index (χ0) is 11.2. The number of rotatable bonds is 2. The lowest BCUT2D eigenvalue weighted by atomic mass is 10.1. The Morgan fingerprint density at radius 2 is 2.07 bits per heavy atom. The molecule has 0 unspecified atom stereocenters. The fourth-order valence-electron chi connectivity index (χ4n) is 1.98. The van der Waals surface area contributed by atoms with Crippen LogP contribution in [-0.4, -0.2) is 26.0 Å². The van der Waals surface area contributed by atoms with Crippen molar-refractivity contribution in [3.8, 4) is 0 Å². The third-order valence-corrected chi connectivity index (χ3v) is 4.33. The van der Waals surface area contributed by atoms with Crippen LogP contribution in [0.2, 0.25) is 0 Å². The summed E-state index contributed by atoms with van der Waals surface area (Å²) in [6.07, 6.45) is 1.16. The van der Waals surface area contributed by atoms with Crippen LogP contribution < -0.4 is 5.73 Å². The lowest BCUT2D eigenvalue weighted by molar-refractivity contribution is 0.599. The Kier molecular flexibility index (Phi) is 2.31. The van der Waals surface area contributed by atoms with Gasteiger partial charge in [0.1, 0.15) is 5.82 Å². The van der Waals surface area contributed by atoms with Crippen LogP contribution in [0.5, 0.6) is 0 Å². The van der Waals surface area contributed by atoms with Crippen molar-refractivity contribution >= 4 is 9.84 Å². The van der Waals surface area contributed by atoms with Gasteiger partial charge in [0.05, 0.1) is 5.25 Å². The SMILES string of the molecule is CS(=O)(=O)[C@@H]1[C@@H](N)[C@H]1c1cccc(F)c1. The number of benzene rings is 1. The van der Waals surface area contributed by atoms with Gasteiger partial charge in [-0.2, -0.15) is 0 Å². The van der Waals surface area contributed by atoms with Crippen molar-refractivity contribution in [1.82, 2.24) is 0 Å². The maximum absolute atomic E-state index is 12.9. The molecule has 0 saturated heterocycles. The predicted octanol–water partition coefficient (Wildman–Crippen LogP) is 0.663. The van der Waals surface area contributed by atoms with Crippen LogP contribution in [0.3, 0.4) is 0 Å². The molecule has 1 aliphatic carbocycles. The molecule has 0 aliphatic heterocycles. The summed E-state index contributed by atoms with van der Waals surface area (Å²) >= 11 is 0. The Morgan fingerprint density at radius 3 is 2.53 bits per heavy atom. The quantitative estimate of drug-likeness (QED) is 0.810. The van der Waals surface area contributed by atoms with Crippen LogP contribution in [0, 0.1) is 5.82 Å². The van der Waals surface area contributed by atoms with Crippen molar-refractivity contribution in [1.29, 1.82) is 0 Å². The normalized spacial score (nSPS) is 30.2. The molecule has 1 aromatic rings. The average molecular weight is 229 g/mol. The minimum atomic E-state index is -3.14. The van der Waals surface area contributed by atoms with Gasteiger partial charge in [0.2, 0.25) is 0 Å². The second-order valence-corrected chi connectivity index (χ2v) is 6.16. The monoisotopic (exact) mass is 229 g/mol. The molecule has 1 fully saturated rings. The third kappa shape index (κ3) is 1.89. The van der Waals surface area contributed by atoms with Crippen molar-refractivity contribution in [2.45, 2.75) is 17.2 Å². The zero-order valence-electron chi connectivity index (χ0n) is 8.22. The molecule has 0 bridgehead atoms. The van der Waals surface area contributed by atoms with E-state index >= 15 is 0 Å². The van der Waals surface area contributed by atoms with E-state index in [-0.39, 0.29) is 11.7 Å². The van der Waals surface area contributed by atoms with Gasteiger partial charge in [0.15, 0.2) is 9.84 Å². The Balaban J connectivity index is 2.29. The molecule has 2 N–H and O–H groups in total. The van der Waals surface area contributed by atoms with E-state index < -0.39 is 21.1 Å². The van der Waals surface area contributed by atoms with Crippen molar-refractivity contribution < 1.29 is 12.8 Å². The van der Waals surface area contributed by atoms with E-state index in [1.54, 1.807) is 12.1 Å². The number of nitrogens with two attached hydrogens (primary N) is 1. The summed E-state index contributed by atoms with van der Waals surface area (Å²) in [4.78, 5) is 0. The van der Waals surface area contributed by atoms with Gasteiger partial charge in [-0.3, -0.25) is 0 Å². The van der Waals surface area contributed by atoms with Gasteiger partial charge >= 0.3 is 0 Å². The van der Waals surface area contributed by atoms with Gasteiger partial charge in [-0.05, 0) is 17.7 Å². The molecule has 5 heteroatoms. The van der Waals surface area contributed by atoms with Crippen LogP contribution in [0.1, 0.15) is 11.5 Å². The van der Waals surface area contributed by atoms with Gasteiger partial charge in [-0.15, -0.1) is 0 Å². The lowest BCUT2D eigenvalue weighted by Gasteiger charge is -1.98. The molecule has 1 saturated carbocycles. The number of halogens is 1. The molecular formula is C10H12FNO2S. The minimum Gasteiger partial charge on any atom is -0.326 e. The van der Waals surface area contributed by atoms with Crippen LogP contribution in [0.4, 0.5) is 4.39 Å². The van der Waals surface area contributed by atoms with Crippen molar-refractivity contribution in [2.75, 3.05) is 6.26 Å². The molecule has 1 aliphatic rings. The minimum absolute atomic E-state index is 0.254. The molecule has 82 valence electrons. The maximum atomic E-state index is 12.9. The number of sulfone groups is 1. The summed E-state index contributed by atoms with van der Waals surface area (Å²) in [7, 11) is -3.14. The second kappa shape index (κ2) is 3.28. The largest absolute Gasteiger partial charge is 0.326 e. The fraction of sp³-hybridized carbons (Fsp3) is 0.400. The highest BCUT2D eigenvalue weighted by atomic mass is 32.2. The highest BCUT2D eigenvalue weighted by Crippen LogP contribution is 2.44. The fourth-order valence-corrected chi connectivity index (χ4v) is 3.50. The van der Waals surface area contributed by atoms with Crippen molar-refractivity contribution in [3.63, 3.8) is 0 Å². The Labute approximate surface area is 88.0 Å². The summed E-state index contributed by atoms with van der Waals surface area (Å²) < 4.78 is 35.5. The third-order valence-electron chi connectivity index (χ3n) is 2.74. The van der Waals surface area contributed by atoms with E-state index in [0.29, 0.717) is 5.56 Å². The molecule has 0 radical (unpaired) electrons. The average Bonchev–Trinajstić information content (AvgIpc) is 2.76. The number of hydrogen-bond acceptors (Lipinski definition) is 3. The summed E-state index contributed by atoms with van der Waals surface area (Å²) in [6.45, 7) is 0. The first-order valence-corrected chi connectivity index (χ1v) is 6.56. The van der Waals surface area contributed by atoms with Crippen molar-refractivity contribution in [2.24, 2.45) is 5.73 Å². The standard InChI is InChI=1S/C10H12FNO2S/c1-15(13,14)10-8(9(10)12)6-3-2-4-7(11)5-6/h2-5,8-10H,12H2,1H3/t8-,9+,10+/m1/s1. The summed E-state index contributed by atoms with van der Waals surface area (Å²) in [6, 6.07) is 5.54. The lowest BCUT2D eigenvalue weighted by Crippen LogP contribution is -2.13. The Hall–Kier alpha value is -0.940. The van der Waals surface area contributed by atoms with Crippen LogP contribution in [-0.2, 0) is 9.84 Å². The highest BCUT2D eigenvalue weighted by Gasteiger charge is 2.54. The van der Waals surface area contributed by atoms with E-state index in [1.165, 1.54) is 12.1 Å². The van der Waals surface area contributed by atoms with Crippen LogP contribution in [0.15, 0.2) is 24.3 Å². The first-order valence-electron chi connectivity index (χ1n) is 4.61. The topological polar surface area (TPSA) is 60.2 Å². The zero-order valence-corrected chi connectivity index (χ0v) is 9.04. The van der Waals surface area contributed by atoms with Gasteiger partial charge in [0.25, 0.3) is 0 Å². The summed E-state index contributed by atoms with van der Waals surface area (Å²) in [5.74, 6) is -0.616. The predicted molar refractivity (Wildman–Crippen MR) is 55.7 cm³/mol. The second-order valence-electron chi connectivity index (χ2n) is 3.95. The molecule has 0 spiro atoms. The Morgan fingerprint density at radius 1 is 1.40 bits per heavy atom. The summed E-state index contributed by atoms with van der Waals surface area (Å²) in [5.41, 5.74) is 6.34. The molecule has 15 heavy (non-hydrogen) atoms. The van der Waals surface area contributed by atoms with Crippen LogP contribution in [0.25, 0.3) is 0 Å². The van der Waals surface area contributed by atoms with Crippen LogP contribution >= 0.6 is 0 Å². The van der Waals surface area contributed by atoms with Crippen molar-refractivity contribution in [3.05, 3.63) is 35.6 Å². The van der Waals surface area contributed by atoms with Gasteiger partial charge < -0.3 is 5.73 Å². The molecule has 0 heterocycles. The van der Waals surface area contributed by atoms with Gasteiger partial charge in [0, 0.05) is 18.2 Å². The molecule has 0 aromatic heterocycles. The van der Waals surface area contributed by atoms with E-state index in [1.807, 2.05) is 0 Å². The molecule has 3 atom stereocenters. The first kappa shape index (κ1) is 10.6. The molecule has 2 rings (SSSR count). The molecule has 3 nitrogen and oxygen atoms in total. The van der Waals surface area contributed by atoms with Gasteiger partial charge in [-0.1, -0.05) is 12.1 Å². The summed E-state index contributed by atoms with van der Waals surface area (Å²) in [5, 5.41) is -0.556. The van der Waals surface area contributed by atoms with E-state index in [0.717, 1.165) is 6.26 Å². The first-order chi connectivity index (χ1) is 6.91. The van der Waals surface area contributed by atoms with E-state index in [2.05, 4.69) is 0 Å². The van der Waals surface area contributed by atoms with E-state index in [9.17, 15) is 12.8 Å². The smallest absolute Gasteiger partial charge is 0.152 e. The molecule has 0 amide bonds. The molecule has 1 aromatic carbocycles. The maximum Gasteiger partial charge on any atom is 0.152 e. The molecular weight excluding hydrogens is 217 g/mol. The number of hydrogen-bond donors (Lipinski definition) is 1. The van der Waals surface area contributed by atoms with E-state index in [4.69, 9.17) is 5.73 Å². The van der Waals surface area contributed by atoms with Gasteiger partial charge in [-0.25, -0.2) is 12.8 Å².